The minimum absolute atomic E-state index is 0.0345. The van der Waals surface area contributed by atoms with Crippen LogP contribution in [-0.2, 0) is 0 Å². The first-order valence-corrected chi connectivity index (χ1v) is 5.49. The molecule has 82 valence electrons. The molecule has 0 aliphatic heterocycles. The van der Waals surface area contributed by atoms with Crippen molar-refractivity contribution in [3.63, 3.8) is 0 Å². The molecule has 0 aromatic heterocycles. The Morgan fingerprint density at radius 1 is 1.47 bits per heavy atom. The van der Waals surface area contributed by atoms with Crippen LogP contribution >= 0.6 is 22.6 Å². The van der Waals surface area contributed by atoms with Gasteiger partial charge in [0.2, 0.25) is 0 Å². The van der Waals surface area contributed by atoms with E-state index < -0.39 is 5.97 Å². The van der Waals surface area contributed by atoms with Crippen molar-refractivity contribution < 1.29 is 19.7 Å². The normalized spacial score (nSPS) is 10.0. The van der Waals surface area contributed by atoms with Gasteiger partial charge in [-0.15, -0.1) is 0 Å². The van der Waals surface area contributed by atoms with Gasteiger partial charge in [0.1, 0.15) is 11.3 Å². The third kappa shape index (κ3) is 3.67. The predicted octanol–water partition coefficient (Wildman–Crippen LogP) is 1.75. The van der Waals surface area contributed by atoms with E-state index in [1.165, 1.54) is 0 Å². The van der Waals surface area contributed by atoms with E-state index in [-0.39, 0.29) is 12.2 Å². The zero-order valence-electron chi connectivity index (χ0n) is 7.94. The summed E-state index contributed by atoms with van der Waals surface area (Å²) in [5.74, 6) is -0.663. The monoisotopic (exact) mass is 322 g/mol. The Bertz CT molecular complexity index is 351. The zero-order valence-corrected chi connectivity index (χ0v) is 10.1. The van der Waals surface area contributed by atoms with Gasteiger partial charge in [0.25, 0.3) is 0 Å². The Kier molecular flexibility index (Phi) is 4.83. The van der Waals surface area contributed by atoms with E-state index in [2.05, 4.69) is 0 Å². The van der Waals surface area contributed by atoms with Gasteiger partial charge < -0.3 is 14.9 Å². The minimum atomic E-state index is -1.01. The predicted molar refractivity (Wildman–Crippen MR) is 63.3 cm³/mol. The fraction of sp³-hybridized carbons (Fsp3) is 0.300. The number of carboxylic acids is 1. The molecule has 0 aliphatic carbocycles. The van der Waals surface area contributed by atoms with Gasteiger partial charge >= 0.3 is 5.97 Å². The van der Waals surface area contributed by atoms with Crippen LogP contribution in [0.5, 0.6) is 5.75 Å². The van der Waals surface area contributed by atoms with Crippen LogP contribution in [0.1, 0.15) is 16.8 Å². The summed E-state index contributed by atoms with van der Waals surface area (Å²) in [6.45, 7) is 0.351. The Morgan fingerprint density at radius 3 is 2.80 bits per heavy atom. The van der Waals surface area contributed by atoms with Crippen LogP contribution in [0.4, 0.5) is 0 Å². The quantitative estimate of drug-likeness (QED) is 0.640. The zero-order chi connectivity index (χ0) is 11.3. The van der Waals surface area contributed by atoms with Gasteiger partial charge in [0, 0.05) is 16.6 Å². The molecule has 0 unspecified atom stereocenters. The molecule has 0 amide bonds. The summed E-state index contributed by atoms with van der Waals surface area (Å²) in [6.07, 6.45) is 0.491. The molecular formula is C10H11IO4. The molecule has 1 aromatic rings. The Labute approximate surface area is 101 Å². The molecule has 0 fully saturated rings. The van der Waals surface area contributed by atoms with E-state index in [4.69, 9.17) is 14.9 Å². The van der Waals surface area contributed by atoms with E-state index in [0.717, 1.165) is 3.57 Å². The molecule has 2 N–H and O–H groups in total. The number of rotatable bonds is 5. The topological polar surface area (TPSA) is 66.8 Å². The summed E-state index contributed by atoms with van der Waals surface area (Å²) >= 11 is 2.04. The number of hydrogen-bond donors (Lipinski definition) is 2. The number of benzene rings is 1. The summed E-state index contributed by atoms with van der Waals surface area (Å²) in [5.41, 5.74) is 0.153. The van der Waals surface area contributed by atoms with Gasteiger partial charge in [0.15, 0.2) is 0 Å². The van der Waals surface area contributed by atoms with Crippen LogP contribution in [0.25, 0.3) is 0 Å². The summed E-state index contributed by atoms with van der Waals surface area (Å²) in [5, 5.41) is 17.5. The van der Waals surface area contributed by atoms with Crippen LogP contribution in [0.2, 0.25) is 0 Å². The minimum Gasteiger partial charge on any atom is -0.493 e. The highest BCUT2D eigenvalue weighted by Gasteiger charge is 2.11. The van der Waals surface area contributed by atoms with Gasteiger partial charge in [-0.3, -0.25) is 0 Å². The highest BCUT2D eigenvalue weighted by atomic mass is 127. The smallest absolute Gasteiger partial charge is 0.339 e. The van der Waals surface area contributed by atoms with Crippen LogP contribution in [-0.4, -0.2) is 29.4 Å². The van der Waals surface area contributed by atoms with Crippen LogP contribution in [0, 0.1) is 3.57 Å². The van der Waals surface area contributed by atoms with Crippen molar-refractivity contribution in [1.29, 1.82) is 0 Å². The van der Waals surface area contributed by atoms with Gasteiger partial charge in [-0.25, -0.2) is 4.79 Å². The van der Waals surface area contributed by atoms with Crippen LogP contribution < -0.4 is 4.74 Å². The number of carbonyl (C=O) groups is 1. The molecule has 0 saturated carbocycles. The van der Waals surface area contributed by atoms with Crippen molar-refractivity contribution in [2.24, 2.45) is 0 Å². The van der Waals surface area contributed by atoms with Crippen LogP contribution in [0.15, 0.2) is 18.2 Å². The highest BCUT2D eigenvalue weighted by molar-refractivity contribution is 14.1. The Hall–Kier alpha value is -0.820. The Balaban J connectivity index is 2.81. The molecule has 0 atom stereocenters. The second kappa shape index (κ2) is 5.92. The maximum atomic E-state index is 10.9. The SMILES string of the molecule is O=C(O)c1cc(I)ccc1OCCCO. The van der Waals surface area contributed by atoms with E-state index in [1.807, 2.05) is 22.6 Å². The lowest BCUT2D eigenvalue weighted by Gasteiger charge is -2.08. The third-order valence-electron chi connectivity index (χ3n) is 1.73. The van der Waals surface area contributed by atoms with Crippen molar-refractivity contribution in [2.75, 3.05) is 13.2 Å². The van der Waals surface area contributed by atoms with Crippen LogP contribution in [0.3, 0.4) is 0 Å². The first-order valence-electron chi connectivity index (χ1n) is 4.41. The maximum Gasteiger partial charge on any atom is 0.339 e. The summed E-state index contributed by atoms with van der Waals surface area (Å²) in [4.78, 5) is 10.9. The van der Waals surface area contributed by atoms with E-state index in [1.54, 1.807) is 18.2 Å². The largest absolute Gasteiger partial charge is 0.493 e. The molecule has 1 aromatic carbocycles. The van der Waals surface area contributed by atoms with E-state index >= 15 is 0 Å². The van der Waals surface area contributed by atoms with E-state index in [0.29, 0.717) is 18.8 Å². The maximum absolute atomic E-state index is 10.9. The summed E-state index contributed by atoms with van der Waals surface area (Å²) in [7, 11) is 0. The molecule has 0 bridgehead atoms. The molecule has 4 nitrogen and oxygen atoms in total. The number of carboxylic acid groups (broad SMARTS) is 1. The lowest BCUT2D eigenvalue weighted by atomic mass is 10.2. The molecular weight excluding hydrogens is 311 g/mol. The number of ether oxygens (including phenoxy) is 1. The number of hydrogen-bond acceptors (Lipinski definition) is 3. The van der Waals surface area contributed by atoms with E-state index in [9.17, 15) is 4.79 Å². The molecule has 0 spiro atoms. The molecule has 15 heavy (non-hydrogen) atoms. The average Bonchev–Trinajstić information content (AvgIpc) is 2.20. The van der Waals surface area contributed by atoms with Crippen molar-refractivity contribution in [3.8, 4) is 5.75 Å². The first kappa shape index (κ1) is 12.3. The fourth-order valence-corrected chi connectivity index (χ4v) is 1.53. The van der Waals surface area contributed by atoms with Gasteiger partial charge in [-0.05, 0) is 40.8 Å². The first-order chi connectivity index (χ1) is 7.15. The van der Waals surface area contributed by atoms with Crippen molar-refractivity contribution in [3.05, 3.63) is 27.3 Å². The lowest BCUT2D eigenvalue weighted by Crippen LogP contribution is -2.05. The number of aromatic carboxylic acids is 1. The number of aliphatic hydroxyl groups excluding tert-OH is 1. The second-order valence-electron chi connectivity index (χ2n) is 2.87. The standard InChI is InChI=1S/C10H11IO4/c11-7-2-3-9(15-5-1-4-12)8(6-7)10(13)14/h2-3,6,12H,1,4-5H2,(H,13,14). The lowest BCUT2D eigenvalue weighted by molar-refractivity contribution is 0.0692. The molecule has 0 radical (unpaired) electrons. The molecule has 1 rings (SSSR count). The molecule has 0 aliphatic rings. The summed E-state index contributed by atoms with van der Waals surface area (Å²) < 4.78 is 6.10. The second-order valence-corrected chi connectivity index (χ2v) is 4.12. The van der Waals surface area contributed by atoms with Crippen molar-refractivity contribution in [1.82, 2.24) is 0 Å². The highest BCUT2D eigenvalue weighted by Crippen LogP contribution is 2.21. The summed E-state index contributed by atoms with van der Waals surface area (Å²) in [6, 6.07) is 4.96. The number of halogens is 1. The Morgan fingerprint density at radius 2 is 2.20 bits per heavy atom. The van der Waals surface area contributed by atoms with Gasteiger partial charge in [-0.2, -0.15) is 0 Å². The van der Waals surface area contributed by atoms with Gasteiger partial charge in [0.05, 0.1) is 6.61 Å². The molecule has 0 heterocycles. The van der Waals surface area contributed by atoms with Crippen molar-refractivity contribution >= 4 is 28.6 Å². The average molecular weight is 322 g/mol. The number of aliphatic hydroxyl groups is 1. The van der Waals surface area contributed by atoms with Crippen molar-refractivity contribution in [2.45, 2.75) is 6.42 Å². The molecule has 0 saturated heterocycles. The molecule has 5 heteroatoms. The van der Waals surface area contributed by atoms with Gasteiger partial charge in [-0.1, -0.05) is 0 Å². The fourth-order valence-electron chi connectivity index (χ4n) is 1.04. The third-order valence-corrected chi connectivity index (χ3v) is 2.40.